The number of likely N-dealkylation sites (tertiary alicyclic amines) is 1. The monoisotopic (exact) mass is 406 g/mol. The maximum Gasteiger partial charge on any atom is 0.243 e. The van der Waals surface area contributed by atoms with Crippen molar-refractivity contribution in [2.45, 2.75) is 43.4 Å². The molecule has 1 saturated heterocycles. The third kappa shape index (κ3) is 3.91. The minimum atomic E-state index is -0.164. The van der Waals surface area contributed by atoms with E-state index in [9.17, 15) is 9.59 Å². The van der Waals surface area contributed by atoms with E-state index in [1.165, 1.54) is 11.6 Å². The van der Waals surface area contributed by atoms with Crippen molar-refractivity contribution in [2.75, 3.05) is 19.6 Å². The molecule has 158 valence electrons. The van der Waals surface area contributed by atoms with E-state index in [1.54, 1.807) is 0 Å². The molecule has 0 spiro atoms. The van der Waals surface area contributed by atoms with Gasteiger partial charge in [0.1, 0.15) is 0 Å². The van der Waals surface area contributed by atoms with Crippen molar-refractivity contribution in [2.24, 2.45) is 7.05 Å². The van der Waals surface area contributed by atoms with Crippen molar-refractivity contribution in [3.8, 4) is 0 Å². The Bertz CT molecular complexity index is 926. The van der Waals surface area contributed by atoms with Crippen molar-refractivity contribution in [1.82, 2.24) is 20.0 Å². The highest BCUT2D eigenvalue weighted by Crippen LogP contribution is 2.38. The first-order valence-electron chi connectivity index (χ1n) is 10.8. The van der Waals surface area contributed by atoms with Gasteiger partial charge in [-0.05, 0) is 43.7 Å². The molecular weight excluding hydrogens is 376 g/mol. The minimum absolute atomic E-state index is 0.0767. The lowest BCUT2D eigenvalue weighted by Gasteiger charge is -2.43. The van der Waals surface area contributed by atoms with Gasteiger partial charge in [0, 0.05) is 43.9 Å². The average molecular weight is 407 g/mol. The van der Waals surface area contributed by atoms with Gasteiger partial charge in [-0.3, -0.25) is 14.3 Å². The largest absolute Gasteiger partial charge is 0.352 e. The van der Waals surface area contributed by atoms with Crippen molar-refractivity contribution in [3.05, 3.63) is 66.0 Å². The molecule has 1 aliphatic carbocycles. The molecule has 0 radical (unpaired) electrons. The molecule has 1 atom stereocenters. The number of carbonyl (C=O) groups is 2. The van der Waals surface area contributed by atoms with Crippen LogP contribution in [0.1, 0.15) is 48.4 Å². The normalized spacial score (nSPS) is 20.3. The molecule has 1 aromatic heterocycles. The van der Waals surface area contributed by atoms with Crippen LogP contribution in [0, 0.1) is 0 Å². The Labute approximate surface area is 178 Å². The van der Waals surface area contributed by atoms with E-state index >= 15 is 0 Å². The highest BCUT2D eigenvalue weighted by molar-refractivity contribution is 5.87. The molecule has 1 unspecified atom stereocenters. The van der Waals surface area contributed by atoms with Gasteiger partial charge >= 0.3 is 0 Å². The van der Waals surface area contributed by atoms with Crippen LogP contribution in [-0.2, 0) is 28.5 Å². The van der Waals surface area contributed by atoms with Crippen molar-refractivity contribution >= 4 is 11.8 Å². The van der Waals surface area contributed by atoms with Gasteiger partial charge in [0.25, 0.3) is 0 Å². The zero-order valence-electron chi connectivity index (χ0n) is 17.6. The maximum absolute atomic E-state index is 13.4. The molecule has 1 aromatic carbocycles. The van der Waals surface area contributed by atoms with Gasteiger partial charge < -0.3 is 10.2 Å². The fraction of sp³-hybridized carbons (Fsp3) is 0.458. The second kappa shape index (κ2) is 8.46. The molecular formula is C24H30N4O2. The van der Waals surface area contributed by atoms with Gasteiger partial charge in [-0.25, -0.2) is 0 Å². The minimum Gasteiger partial charge on any atom is -0.352 e. The summed E-state index contributed by atoms with van der Waals surface area (Å²) >= 11 is 0. The lowest BCUT2D eigenvalue weighted by Crippen LogP contribution is -2.51. The first-order valence-corrected chi connectivity index (χ1v) is 10.8. The highest BCUT2D eigenvalue weighted by Gasteiger charge is 2.40. The number of amides is 2. The van der Waals surface area contributed by atoms with Crippen molar-refractivity contribution in [3.63, 3.8) is 0 Å². The Morgan fingerprint density at radius 3 is 2.70 bits per heavy atom. The molecule has 1 N–H and O–H groups in total. The molecule has 1 fully saturated rings. The van der Waals surface area contributed by atoms with Crippen molar-refractivity contribution < 1.29 is 9.59 Å². The van der Waals surface area contributed by atoms with Crippen molar-refractivity contribution in [1.29, 1.82) is 0 Å². The van der Waals surface area contributed by atoms with Crippen LogP contribution in [-0.4, -0.2) is 46.1 Å². The number of benzene rings is 1. The average Bonchev–Trinajstić information content (AvgIpc) is 3.18. The predicted molar refractivity (Wildman–Crippen MR) is 116 cm³/mol. The zero-order valence-corrected chi connectivity index (χ0v) is 17.6. The number of hydrogen-bond acceptors (Lipinski definition) is 3. The SMILES string of the molecule is C=CC(=O)NCC1(c2ccccc2)CCN(C(=O)C2CCCc3nn(C)cc32)CC1. The van der Waals surface area contributed by atoms with E-state index in [-0.39, 0.29) is 23.1 Å². The second-order valence-corrected chi connectivity index (χ2v) is 8.54. The molecule has 6 heteroatoms. The summed E-state index contributed by atoms with van der Waals surface area (Å²) in [7, 11) is 1.92. The summed E-state index contributed by atoms with van der Waals surface area (Å²) in [6, 6.07) is 10.3. The highest BCUT2D eigenvalue weighted by atomic mass is 16.2. The summed E-state index contributed by atoms with van der Waals surface area (Å²) in [6.45, 7) is 5.51. The molecule has 30 heavy (non-hydrogen) atoms. The molecule has 0 bridgehead atoms. The van der Waals surface area contributed by atoms with E-state index in [2.05, 4.69) is 29.1 Å². The third-order valence-electron chi connectivity index (χ3n) is 6.72. The Kier molecular flexibility index (Phi) is 5.75. The van der Waals surface area contributed by atoms with E-state index in [1.807, 2.05) is 41.0 Å². The summed E-state index contributed by atoms with van der Waals surface area (Å²) in [6.07, 6.45) is 7.84. The number of nitrogens with one attached hydrogen (secondary N) is 1. The van der Waals surface area contributed by atoms with E-state index in [4.69, 9.17) is 0 Å². The number of rotatable bonds is 5. The van der Waals surface area contributed by atoms with Gasteiger partial charge in [0.2, 0.25) is 11.8 Å². The van der Waals surface area contributed by atoms with E-state index in [0.29, 0.717) is 19.6 Å². The number of piperidine rings is 1. The van der Waals surface area contributed by atoms with Crippen LogP contribution >= 0.6 is 0 Å². The Balaban J connectivity index is 1.50. The zero-order chi connectivity index (χ0) is 21.1. The first kappa shape index (κ1) is 20.4. The molecule has 1 aliphatic heterocycles. The first-order chi connectivity index (χ1) is 14.5. The molecule has 4 rings (SSSR count). The second-order valence-electron chi connectivity index (χ2n) is 8.54. The summed E-state index contributed by atoms with van der Waals surface area (Å²) < 4.78 is 1.83. The Morgan fingerprint density at radius 1 is 1.27 bits per heavy atom. The number of fused-ring (bicyclic) bond motifs is 1. The van der Waals surface area contributed by atoms with Gasteiger partial charge in [-0.1, -0.05) is 36.9 Å². The van der Waals surface area contributed by atoms with Crippen LogP contribution in [0.4, 0.5) is 0 Å². The van der Waals surface area contributed by atoms with E-state index < -0.39 is 0 Å². The number of aromatic nitrogens is 2. The smallest absolute Gasteiger partial charge is 0.243 e. The fourth-order valence-corrected chi connectivity index (χ4v) is 4.99. The summed E-state index contributed by atoms with van der Waals surface area (Å²) in [5, 5.41) is 7.53. The van der Waals surface area contributed by atoms with Gasteiger partial charge in [0.15, 0.2) is 0 Å². The van der Waals surface area contributed by atoms with Crippen LogP contribution in [0.25, 0.3) is 0 Å². The maximum atomic E-state index is 13.4. The van der Waals surface area contributed by atoms with E-state index in [0.717, 1.165) is 43.4 Å². The van der Waals surface area contributed by atoms with Crippen LogP contribution in [0.2, 0.25) is 0 Å². The lowest BCUT2D eigenvalue weighted by molar-refractivity contribution is -0.135. The van der Waals surface area contributed by atoms with Crippen LogP contribution in [0.15, 0.2) is 49.2 Å². The summed E-state index contributed by atoms with van der Waals surface area (Å²) in [5.74, 6) is -0.0111. The molecule has 0 saturated carbocycles. The number of nitrogens with zero attached hydrogens (tertiary/aromatic N) is 3. The molecule has 2 amide bonds. The number of hydrogen-bond donors (Lipinski definition) is 1. The van der Waals surface area contributed by atoms with Crippen LogP contribution in [0.5, 0.6) is 0 Å². The molecule has 2 aromatic rings. The Morgan fingerprint density at radius 2 is 2.00 bits per heavy atom. The van der Waals surface area contributed by atoms with Gasteiger partial charge in [-0.2, -0.15) is 5.10 Å². The standard InChI is InChI=1S/C24H30N4O2/c1-3-22(29)25-17-24(18-8-5-4-6-9-18)12-14-28(15-13-24)23(30)19-10-7-11-21-20(19)16-27(2)26-21/h3-6,8-9,16,19H,1,7,10-15,17H2,2H3,(H,25,29). The summed E-state index contributed by atoms with van der Waals surface area (Å²) in [4.78, 5) is 27.2. The lowest BCUT2D eigenvalue weighted by atomic mass is 9.72. The van der Waals surface area contributed by atoms with Gasteiger partial charge in [0.05, 0.1) is 11.6 Å². The Hall–Kier alpha value is -2.89. The van der Waals surface area contributed by atoms with Crippen LogP contribution < -0.4 is 5.32 Å². The summed E-state index contributed by atoms with van der Waals surface area (Å²) in [5.41, 5.74) is 3.23. The quantitative estimate of drug-likeness (QED) is 0.777. The molecule has 6 nitrogen and oxygen atoms in total. The fourth-order valence-electron chi connectivity index (χ4n) is 4.99. The van der Waals surface area contributed by atoms with Crippen LogP contribution in [0.3, 0.4) is 0 Å². The van der Waals surface area contributed by atoms with Gasteiger partial charge in [-0.15, -0.1) is 0 Å². The third-order valence-corrected chi connectivity index (χ3v) is 6.72. The number of carbonyl (C=O) groups excluding carboxylic acids is 2. The topological polar surface area (TPSA) is 67.2 Å². The molecule has 2 heterocycles. The number of aryl methyl sites for hydroxylation is 2. The predicted octanol–water partition coefficient (Wildman–Crippen LogP) is 2.70. The molecule has 2 aliphatic rings.